The standard InChI is InChI=1S/C15H20N2O3/c1-10(2)17-13(18)5-3-4-12(15(19)20)14(17)11-6-8-16-9-7-11/h6-10,12,14H,3-5H2,1-2H3,(H,19,20). The molecule has 1 fully saturated rings. The molecule has 1 amide bonds. The van der Waals surface area contributed by atoms with E-state index >= 15 is 0 Å². The topological polar surface area (TPSA) is 70.5 Å². The van der Waals surface area contributed by atoms with Crippen LogP contribution in [0, 0.1) is 5.92 Å². The third-order valence-corrected chi connectivity index (χ3v) is 3.80. The van der Waals surface area contributed by atoms with E-state index < -0.39 is 17.9 Å². The van der Waals surface area contributed by atoms with E-state index in [0.29, 0.717) is 19.3 Å². The number of hydrogen-bond donors (Lipinski definition) is 1. The van der Waals surface area contributed by atoms with Gasteiger partial charge in [-0.3, -0.25) is 14.6 Å². The number of hydrogen-bond acceptors (Lipinski definition) is 3. The zero-order valence-electron chi connectivity index (χ0n) is 11.8. The monoisotopic (exact) mass is 276 g/mol. The number of carbonyl (C=O) groups excluding carboxylic acids is 1. The van der Waals surface area contributed by atoms with Crippen LogP contribution in [0.25, 0.3) is 0 Å². The van der Waals surface area contributed by atoms with Crippen molar-refractivity contribution in [2.75, 3.05) is 0 Å². The molecule has 0 aliphatic carbocycles. The third-order valence-electron chi connectivity index (χ3n) is 3.80. The molecular formula is C15H20N2O3. The lowest BCUT2D eigenvalue weighted by Crippen LogP contribution is -2.43. The van der Waals surface area contributed by atoms with Crippen molar-refractivity contribution < 1.29 is 14.7 Å². The Morgan fingerprint density at radius 3 is 2.60 bits per heavy atom. The average Bonchev–Trinajstić information content (AvgIpc) is 2.58. The van der Waals surface area contributed by atoms with Crippen LogP contribution in [0.4, 0.5) is 0 Å². The minimum absolute atomic E-state index is 0.0272. The molecule has 0 spiro atoms. The van der Waals surface area contributed by atoms with E-state index in [4.69, 9.17) is 0 Å². The van der Waals surface area contributed by atoms with Crippen LogP contribution < -0.4 is 0 Å². The van der Waals surface area contributed by atoms with E-state index in [-0.39, 0.29) is 11.9 Å². The molecule has 1 saturated heterocycles. The molecule has 0 bridgehead atoms. The molecule has 2 heterocycles. The van der Waals surface area contributed by atoms with Crippen molar-refractivity contribution in [3.05, 3.63) is 30.1 Å². The lowest BCUT2D eigenvalue weighted by atomic mass is 9.89. The summed E-state index contributed by atoms with van der Waals surface area (Å²) in [6.45, 7) is 3.85. The molecule has 2 unspecified atom stereocenters. The molecular weight excluding hydrogens is 256 g/mol. The first-order valence-corrected chi connectivity index (χ1v) is 6.96. The lowest BCUT2D eigenvalue weighted by molar-refractivity contribution is -0.147. The summed E-state index contributed by atoms with van der Waals surface area (Å²) >= 11 is 0. The normalized spacial score (nSPS) is 23.8. The number of carboxylic acids is 1. The largest absolute Gasteiger partial charge is 0.481 e. The van der Waals surface area contributed by atoms with Crippen LogP contribution in [0.5, 0.6) is 0 Å². The van der Waals surface area contributed by atoms with Crippen LogP contribution in [0.2, 0.25) is 0 Å². The molecule has 0 saturated carbocycles. The fraction of sp³-hybridized carbons (Fsp3) is 0.533. The predicted octanol–water partition coefficient (Wildman–Crippen LogP) is 2.24. The quantitative estimate of drug-likeness (QED) is 0.919. The van der Waals surface area contributed by atoms with Gasteiger partial charge in [-0.1, -0.05) is 0 Å². The first-order chi connectivity index (χ1) is 9.52. The molecule has 5 heteroatoms. The number of carbonyl (C=O) groups is 2. The molecule has 5 nitrogen and oxygen atoms in total. The van der Waals surface area contributed by atoms with Gasteiger partial charge in [0, 0.05) is 24.9 Å². The number of likely N-dealkylation sites (tertiary alicyclic amines) is 1. The maximum absolute atomic E-state index is 12.3. The number of carboxylic acid groups (broad SMARTS) is 1. The summed E-state index contributed by atoms with van der Waals surface area (Å²) in [6, 6.07) is 3.16. The van der Waals surface area contributed by atoms with E-state index in [0.717, 1.165) is 5.56 Å². The minimum Gasteiger partial charge on any atom is -0.481 e. The molecule has 1 aliphatic rings. The molecule has 1 aromatic rings. The second-order valence-corrected chi connectivity index (χ2v) is 5.46. The molecule has 1 aromatic heterocycles. The highest BCUT2D eigenvalue weighted by Gasteiger charge is 2.39. The van der Waals surface area contributed by atoms with E-state index in [1.54, 1.807) is 29.4 Å². The van der Waals surface area contributed by atoms with Crippen LogP contribution in [-0.2, 0) is 9.59 Å². The van der Waals surface area contributed by atoms with E-state index in [9.17, 15) is 14.7 Å². The summed E-state index contributed by atoms with van der Waals surface area (Å²) in [5.74, 6) is -1.37. The molecule has 20 heavy (non-hydrogen) atoms. The Balaban J connectivity index is 2.49. The average molecular weight is 276 g/mol. The molecule has 1 N–H and O–H groups in total. The zero-order valence-corrected chi connectivity index (χ0v) is 11.8. The van der Waals surface area contributed by atoms with E-state index in [1.165, 1.54) is 0 Å². The van der Waals surface area contributed by atoms with Crippen molar-refractivity contribution in [3.63, 3.8) is 0 Å². The van der Waals surface area contributed by atoms with Gasteiger partial charge in [0.05, 0.1) is 12.0 Å². The van der Waals surface area contributed by atoms with Gasteiger partial charge < -0.3 is 10.0 Å². The fourth-order valence-electron chi connectivity index (χ4n) is 2.93. The van der Waals surface area contributed by atoms with E-state index in [1.807, 2.05) is 13.8 Å². The van der Waals surface area contributed by atoms with Gasteiger partial charge in [-0.25, -0.2) is 0 Å². The highest BCUT2D eigenvalue weighted by atomic mass is 16.4. The first kappa shape index (κ1) is 14.5. The van der Waals surface area contributed by atoms with Gasteiger partial charge in [0.1, 0.15) is 0 Å². The van der Waals surface area contributed by atoms with Crippen LogP contribution in [0.15, 0.2) is 24.5 Å². The number of amides is 1. The summed E-state index contributed by atoms with van der Waals surface area (Å²) in [7, 11) is 0. The molecule has 2 atom stereocenters. The van der Waals surface area contributed by atoms with Crippen molar-refractivity contribution >= 4 is 11.9 Å². The summed E-state index contributed by atoms with van der Waals surface area (Å²) in [4.78, 5) is 29.6. The second kappa shape index (κ2) is 6.03. The van der Waals surface area contributed by atoms with Crippen molar-refractivity contribution in [2.24, 2.45) is 5.92 Å². The van der Waals surface area contributed by atoms with Gasteiger partial charge in [-0.2, -0.15) is 0 Å². The van der Waals surface area contributed by atoms with Gasteiger partial charge in [0.15, 0.2) is 0 Å². The maximum atomic E-state index is 12.3. The molecule has 1 aliphatic heterocycles. The highest BCUT2D eigenvalue weighted by molar-refractivity contribution is 5.80. The Kier molecular flexibility index (Phi) is 4.37. The summed E-state index contributed by atoms with van der Waals surface area (Å²) in [5.41, 5.74) is 0.844. The summed E-state index contributed by atoms with van der Waals surface area (Å²) in [5, 5.41) is 9.53. The van der Waals surface area contributed by atoms with Crippen LogP contribution >= 0.6 is 0 Å². The Morgan fingerprint density at radius 1 is 1.40 bits per heavy atom. The Hall–Kier alpha value is -1.91. The van der Waals surface area contributed by atoms with Gasteiger partial charge >= 0.3 is 5.97 Å². The lowest BCUT2D eigenvalue weighted by Gasteiger charge is -2.36. The molecule has 2 rings (SSSR count). The number of nitrogens with zero attached hydrogens (tertiary/aromatic N) is 2. The van der Waals surface area contributed by atoms with Crippen molar-refractivity contribution in [3.8, 4) is 0 Å². The number of aromatic nitrogens is 1. The summed E-state index contributed by atoms with van der Waals surface area (Å²) in [6.07, 6.45) is 4.85. The highest BCUT2D eigenvalue weighted by Crippen LogP contribution is 2.36. The molecule has 0 radical (unpaired) electrons. The first-order valence-electron chi connectivity index (χ1n) is 6.96. The predicted molar refractivity (Wildman–Crippen MR) is 73.9 cm³/mol. The zero-order chi connectivity index (χ0) is 14.7. The number of pyridine rings is 1. The SMILES string of the molecule is CC(C)N1C(=O)CCCC(C(=O)O)C1c1ccncc1. The smallest absolute Gasteiger partial charge is 0.308 e. The van der Waals surface area contributed by atoms with Crippen molar-refractivity contribution in [2.45, 2.75) is 45.2 Å². The molecule has 108 valence electrons. The van der Waals surface area contributed by atoms with E-state index in [2.05, 4.69) is 4.98 Å². The Labute approximate surface area is 118 Å². The van der Waals surface area contributed by atoms with Gasteiger partial charge in [0.25, 0.3) is 0 Å². The number of rotatable bonds is 3. The molecule has 0 aromatic carbocycles. The van der Waals surface area contributed by atoms with Crippen LogP contribution in [-0.4, -0.2) is 32.9 Å². The van der Waals surface area contributed by atoms with Crippen molar-refractivity contribution in [1.82, 2.24) is 9.88 Å². The Morgan fingerprint density at radius 2 is 2.05 bits per heavy atom. The van der Waals surface area contributed by atoms with Crippen molar-refractivity contribution in [1.29, 1.82) is 0 Å². The van der Waals surface area contributed by atoms with Gasteiger partial charge in [-0.05, 0) is 44.4 Å². The fourth-order valence-corrected chi connectivity index (χ4v) is 2.93. The minimum atomic E-state index is -0.841. The summed E-state index contributed by atoms with van der Waals surface area (Å²) < 4.78 is 0. The van der Waals surface area contributed by atoms with Gasteiger partial charge in [0.2, 0.25) is 5.91 Å². The number of aliphatic carboxylic acids is 1. The van der Waals surface area contributed by atoms with Crippen LogP contribution in [0.3, 0.4) is 0 Å². The van der Waals surface area contributed by atoms with Gasteiger partial charge in [-0.15, -0.1) is 0 Å². The Bertz CT molecular complexity index is 487. The van der Waals surface area contributed by atoms with Crippen LogP contribution in [0.1, 0.15) is 44.7 Å². The second-order valence-electron chi connectivity index (χ2n) is 5.46. The third kappa shape index (κ3) is 2.81. The maximum Gasteiger partial charge on any atom is 0.308 e.